The quantitative estimate of drug-likeness (QED) is 0.811. The molecule has 0 radical (unpaired) electrons. The molecule has 1 aliphatic heterocycles. The molecule has 0 spiro atoms. The first-order valence-corrected chi connectivity index (χ1v) is 7.30. The van der Waals surface area contributed by atoms with Crippen LogP contribution < -0.4 is 9.64 Å². The second-order valence-electron chi connectivity index (χ2n) is 5.48. The molecule has 3 nitrogen and oxygen atoms in total. The molecule has 1 aromatic carbocycles. The Hall–Kier alpha value is -1.22. The van der Waals surface area contributed by atoms with Crippen LogP contribution in [0, 0.1) is 5.92 Å². The van der Waals surface area contributed by atoms with Gasteiger partial charge in [-0.3, -0.25) is 0 Å². The predicted octanol–water partition coefficient (Wildman–Crippen LogP) is 2.86. The molecule has 106 valence electrons. The van der Waals surface area contributed by atoms with Gasteiger partial charge in [-0.05, 0) is 70.1 Å². The van der Waals surface area contributed by atoms with Gasteiger partial charge in [-0.2, -0.15) is 0 Å². The van der Waals surface area contributed by atoms with Gasteiger partial charge in [0.15, 0.2) is 0 Å². The molecule has 0 unspecified atom stereocenters. The number of likely N-dealkylation sites (tertiary alicyclic amines) is 1. The molecule has 0 saturated carbocycles. The number of hydrogen-bond donors (Lipinski definition) is 0. The minimum absolute atomic E-state index is 0.832. The van der Waals surface area contributed by atoms with Crippen LogP contribution in [0.4, 0.5) is 5.69 Å². The fourth-order valence-corrected chi connectivity index (χ4v) is 2.77. The van der Waals surface area contributed by atoms with E-state index in [4.69, 9.17) is 4.74 Å². The zero-order valence-electron chi connectivity index (χ0n) is 12.4. The minimum atomic E-state index is 0.832. The van der Waals surface area contributed by atoms with Crippen LogP contribution in [-0.4, -0.2) is 45.2 Å². The summed E-state index contributed by atoms with van der Waals surface area (Å²) in [6.45, 7) is 6.96. The SMILES string of the molecule is CCN(CC1CCN(C)CC1)c1ccc(OC)cc1. The number of hydrogen-bond acceptors (Lipinski definition) is 3. The molecule has 1 fully saturated rings. The summed E-state index contributed by atoms with van der Waals surface area (Å²) in [7, 11) is 3.93. The monoisotopic (exact) mass is 262 g/mol. The van der Waals surface area contributed by atoms with Crippen LogP contribution in [0.25, 0.3) is 0 Å². The molecule has 1 saturated heterocycles. The highest BCUT2D eigenvalue weighted by Crippen LogP contribution is 2.23. The van der Waals surface area contributed by atoms with Crippen LogP contribution >= 0.6 is 0 Å². The first-order chi connectivity index (χ1) is 9.22. The molecule has 3 heteroatoms. The number of piperidine rings is 1. The highest BCUT2D eigenvalue weighted by atomic mass is 16.5. The van der Waals surface area contributed by atoms with E-state index in [0.29, 0.717) is 0 Å². The van der Waals surface area contributed by atoms with Crippen LogP contribution in [0.1, 0.15) is 19.8 Å². The van der Waals surface area contributed by atoms with Crippen molar-refractivity contribution in [2.45, 2.75) is 19.8 Å². The summed E-state index contributed by atoms with van der Waals surface area (Å²) in [5, 5.41) is 0. The fourth-order valence-electron chi connectivity index (χ4n) is 2.77. The maximum Gasteiger partial charge on any atom is 0.119 e. The summed E-state index contributed by atoms with van der Waals surface area (Å²) >= 11 is 0. The number of methoxy groups -OCH3 is 1. The van der Waals surface area contributed by atoms with Crippen molar-refractivity contribution in [3.63, 3.8) is 0 Å². The lowest BCUT2D eigenvalue weighted by atomic mass is 9.96. The Morgan fingerprint density at radius 2 is 1.84 bits per heavy atom. The zero-order chi connectivity index (χ0) is 13.7. The molecular formula is C16H26N2O. The number of ether oxygens (including phenoxy) is 1. The van der Waals surface area contributed by atoms with Crippen molar-refractivity contribution in [2.75, 3.05) is 45.2 Å². The third kappa shape index (κ3) is 3.87. The van der Waals surface area contributed by atoms with Gasteiger partial charge in [0.25, 0.3) is 0 Å². The van der Waals surface area contributed by atoms with E-state index in [1.165, 1.54) is 38.2 Å². The molecule has 0 amide bonds. The second-order valence-corrected chi connectivity index (χ2v) is 5.48. The van der Waals surface area contributed by atoms with E-state index in [0.717, 1.165) is 18.2 Å². The largest absolute Gasteiger partial charge is 0.497 e. The van der Waals surface area contributed by atoms with Crippen LogP contribution in [0.15, 0.2) is 24.3 Å². The lowest BCUT2D eigenvalue weighted by Gasteiger charge is -2.33. The topological polar surface area (TPSA) is 15.7 Å². The molecule has 1 aromatic rings. The number of nitrogens with zero attached hydrogens (tertiary/aromatic N) is 2. The van der Waals surface area contributed by atoms with Gasteiger partial charge in [-0.25, -0.2) is 0 Å². The molecule has 1 heterocycles. The Morgan fingerprint density at radius 3 is 2.37 bits per heavy atom. The molecule has 0 N–H and O–H groups in total. The number of rotatable bonds is 5. The summed E-state index contributed by atoms with van der Waals surface area (Å²) in [4.78, 5) is 4.91. The molecule has 1 aliphatic rings. The standard InChI is InChI=1S/C16H26N2O/c1-4-18(13-14-9-11-17(2)12-10-14)15-5-7-16(19-3)8-6-15/h5-8,14H,4,9-13H2,1-3H3. The van der Waals surface area contributed by atoms with E-state index in [-0.39, 0.29) is 0 Å². The maximum absolute atomic E-state index is 5.22. The van der Waals surface area contributed by atoms with Crippen LogP contribution in [0.2, 0.25) is 0 Å². The van der Waals surface area contributed by atoms with Crippen molar-refractivity contribution >= 4 is 5.69 Å². The van der Waals surface area contributed by atoms with E-state index in [2.05, 4.69) is 35.9 Å². The molecule has 0 aliphatic carbocycles. The Balaban J connectivity index is 1.95. The van der Waals surface area contributed by atoms with E-state index in [9.17, 15) is 0 Å². The van der Waals surface area contributed by atoms with Crippen molar-refractivity contribution in [3.8, 4) is 5.75 Å². The van der Waals surface area contributed by atoms with Gasteiger partial charge in [-0.15, -0.1) is 0 Å². The van der Waals surface area contributed by atoms with E-state index < -0.39 is 0 Å². The normalized spacial score (nSPS) is 17.4. The Labute approximate surface area is 117 Å². The number of anilines is 1. The van der Waals surface area contributed by atoms with Crippen molar-refractivity contribution in [3.05, 3.63) is 24.3 Å². The third-order valence-corrected chi connectivity index (χ3v) is 4.14. The third-order valence-electron chi connectivity index (χ3n) is 4.14. The molecule has 0 atom stereocenters. The van der Waals surface area contributed by atoms with Crippen LogP contribution in [-0.2, 0) is 0 Å². The first-order valence-electron chi connectivity index (χ1n) is 7.30. The minimum Gasteiger partial charge on any atom is -0.497 e. The van der Waals surface area contributed by atoms with Gasteiger partial charge in [-0.1, -0.05) is 0 Å². The van der Waals surface area contributed by atoms with E-state index in [1.807, 2.05) is 12.1 Å². The molecule has 19 heavy (non-hydrogen) atoms. The Morgan fingerprint density at radius 1 is 1.21 bits per heavy atom. The molecular weight excluding hydrogens is 236 g/mol. The van der Waals surface area contributed by atoms with Gasteiger partial charge in [0, 0.05) is 18.8 Å². The Bertz CT molecular complexity index is 369. The van der Waals surface area contributed by atoms with Gasteiger partial charge in [0.05, 0.1) is 7.11 Å². The van der Waals surface area contributed by atoms with Gasteiger partial charge in [0.1, 0.15) is 5.75 Å². The lowest BCUT2D eigenvalue weighted by molar-refractivity contribution is 0.221. The van der Waals surface area contributed by atoms with E-state index in [1.54, 1.807) is 7.11 Å². The van der Waals surface area contributed by atoms with Gasteiger partial charge >= 0.3 is 0 Å². The predicted molar refractivity (Wildman–Crippen MR) is 81.1 cm³/mol. The van der Waals surface area contributed by atoms with Crippen LogP contribution in [0.3, 0.4) is 0 Å². The first kappa shape index (κ1) is 14.2. The van der Waals surface area contributed by atoms with Crippen molar-refractivity contribution in [1.29, 1.82) is 0 Å². The van der Waals surface area contributed by atoms with E-state index >= 15 is 0 Å². The highest BCUT2D eigenvalue weighted by Gasteiger charge is 2.19. The maximum atomic E-state index is 5.22. The van der Waals surface area contributed by atoms with Crippen LogP contribution in [0.5, 0.6) is 5.75 Å². The van der Waals surface area contributed by atoms with Crippen molar-refractivity contribution in [2.24, 2.45) is 5.92 Å². The highest BCUT2D eigenvalue weighted by molar-refractivity contribution is 5.49. The summed E-state index contributed by atoms with van der Waals surface area (Å²) in [6, 6.07) is 8.42. The molecule has 0 aromatic heterocycles. The van der Waals surface area contributed by atoms with Gasteiger partial charge < -0.3 is 14.5 Å². The zero-order valence-corrected chi connectivity index (χ0v) is 12.4. The average molecular weight is 262 g/mol. The Kier molecular flexibility index (Phi) is 5.08. The smallest absolute Gasteiger partial charge is 0.119 e. The van der Waals surface area contributed by atoms with Crippen molar-refractivity contribution < 1.29 is 4.74 Å². The molecule has 2 rings (SSSR count). The summed E-state index contributed by atoms with van der Waals surface area (Å²) in [5.74, 6) is 1.76. The fraction of sp³-hybridized carbons (Fsp3) is 0.625. The summed E-state index contributed by atoms with van der Waals surface area (Å²) in [6.07, 6.45) is 2.65. The van der Waals surface area contributed by atoms with Gasteiger partial charge in [0.2, 0.25) is 0 Å². The van der Waals surface area contributed by atoms with Crippen molar-refractivity contribution in [1.82, 2.24) is 4.90 Å². The number of benzene rings is 1. The summed E-state index contributed by atoms with van der Waals surface area (Å²) in [5.41, 5.74) is 1.31. The second kappa shape index (κ2) is 6.80. The molecule has 0 bridgehead atoms. The summed E-state index contributed by atoms with van der Waals surface area (Å²) < 4.78 is 5.22. The lowest BCUT2D eigenvalue weighted by Crippen LogP contribution is -2.37. The average Bonchev–Trinajstić information content (AvgIpc) is 2.47.